The molecular weight excluding hydrogens is 214 g/mol. The van der Waals surface area contributed by atoms with E-state index in [1.807, 2.05) is 33.8 Å². The fourth-order valence-electron chi connectivity index (χ4n) is 1.48. The average Bonchev–Trinajstić information content (AvgIpc) is 2.29. The van der Waals surface area contributed by atoms with E-state index in [0.29, 0.717) is 5.56 Å². The normalized spacial score (nSPS) is 12.0. The van der Waals surface area contributed by atoms with Gasteiger partial charge in [0.15, 0.2) is 0 Å². The molecule has 1 aromatic heterocycles. The molecule has 2 N–H and O–H groups in total. The molecule has 0 aliphatic carbocycles. The van der Waals surface area contributed by atoms with E-state index in [1.54, 1.807) is 6.20 Å². The van der Waals surface area contributed by atoms with Crippen LogP contribution in [0.4, 0.5) is 5.69 Å². The minimum absolute atomic E-state index is 0.0669. The number of aromatic nitrogens is 1. The highest BCUT2D eigenvalue weighted by molar-refractivity contribution is 5.99. The third kappa shape index (κ3) is 3.73. The third-order valence-electron chi connectivity index (χ3n) is 2.64. The number of hydrogen-bond donors (Lipinski definition) is 2. The summed E-state index contributed by atoms with van der Waals surface area (Å²) in [6.45, 7) is 8.74. The predicted octanol–water partition coefficient (Wildman–Crippen LogP) is 2.35. The van der Waals surface area contributed by atoms with E-state index >= 15 is 0 Å². The minimum Gasteiger partial charge on any atom is -0.385 e. The summed E-state index contributed by atoms with van der Waals surface area (Å²) in [5.41, 5.74) is 2.36. The molecular formula is C13H21N3O. The zero-order chi connectivity index (χ0) is 12.8. The second kappa shape index (κ2) is 6.23. The second-order valence-corrected chi connectivity index (χ2v) is 4.18. The molecule has 94 valence electrons. The van der Waals surface area contributed by atoms with Gasteiger partial charge in [-0.05, 0) is 33.3 Å². The molecule has 0 radical (unpaired) electrons. The first-order valence-electron chi connectivity index (χ1n) is 6.09. The molecule has 0 spiro atoms. The third-order valence-corrected chi connectivity index (χ3v) is 2.64. The molecule has 0 bridgehead atoms. The van der Waals surface area contributed by atoms with Crippen molar-refractivity contribution in [1.82, 2.24) is 10.3 Å². The van der Waals surface area contributed by atoms with Crippen LogP contribution in [0.3, 0.4) is 0 Å². The number of pyridine rings is 1. The highest BCUT2D eigenvalue weighted by Gasteiger charge is 2.13. The van der Waals surface area contributed by atoms with Gasteiger partial charge in [-0.3, -0.25) is 9.78 Å². The summed E-state index contributed by atoms with van der Waals surface area (Å²) in [6, 6.07) is 2.08. The Balaban J connectivity index is 2.91. The number of nitrogens with zero attached hydrogens (tertiary/aromatic N) is 1. The number of carbonyl (C=O) groups excluding carboxylic acids is 1. The Hall–Kier alpha value is -1.58. The van der Waals surface area contributed by atoms with Crippen molar-refractivity contribution in [2.45, 2.75) is 40.2 Å². The summed E-state index contributed by atoms with van der Waals surface area (Å²) in [4.78, 5) is 16.2. The van der Waals surface area contributed by atoms with E-state index in [-0.39, 0.29) is 11.9 Å². The first-order valence-corrected chi connectivity index (χ1v) is 6.09. The van der Waals surface area contributed by atoms with Crippen LogP contribution in [0.15, 0.2) is 12.3 Å². The number of hydrogen-bond acceptors (Lipinski definition) is 3. The van der Waals surface area contributed by atoms with Crippen molar-refractivity contribution in [1.29, 1.82) is 0 Å². The molecule has 4 heteroatoms. The van der Waals surface area contributed by atoms with Crippen LogP contribution in [0.2, 0.25) is 0 Å². The van der Waals surface area contributed by atoms with Gasteiger partial charge in [-0.1, -0.05) is 6.92 Å². The van der Waals surface area contributed by atoms with Crippen LogP contribution in [0.1, 0.15) is 43.2 Å². The Kier molecular flexibility index (Phi) is 4.94. The van der Waals surface area contributed by atoms with E-state index in [0.717, 1.165) is 24.3 Å². The monoisotopic (exact) mass is 235 g/mol. The first-order chi connectivity index (χ1) is 8.08. The summed E-state index contributed by atoms with van der Waals surface area (Å²) >= 11 is 0. The van der Waals surface area contributed by atoms with Crippen molar-refractivity contribution in [2.75, 3.05) is 11.9 Å². The van der Waals surface area contributed by atoms with Gasteiger partial charge in [-0.15, -0.1) is 0 Å². The smallest absolute Gasteiger partial charge is 0.255 e. The molecule has 4 nitrogen and oxygen atoms in total. The van der Waals surface area contributed by atoms with Crippen LogP contribution in [-0.2, 0) is 0 Å². The van der Waals surface area contributed by atoms with Gasteiger partial charge in [0.2, 0.25) is 0 Å². The van der Waals surface area contributed by atoms with E-state index < -0.39 is 0 Å². The highest BCUT2D eigenvalue weighted by Crippen LogP contribution is 2.15. The molecule has 1 amide bonds. The zero-order valence-corrected chi connectivity index (χ0v) is 11.0. The van der Waals surface area contributed by atoms with E-state index in [4.69, 9.17) is 0 Å². The van der Waals surface area contributed by atoms with Crippen molar-refractivity contribution in [2.24, 2.45) is 0 Å². The van der Waals surface area contributed by atoms with Gasteiger partial charge in [-0.25, -0.2) is 0 Å². The van der Waals surface area contributed by atoms with Crippen molar-refractivity contribution >= 4 is 11.6 Å². The Labute approximate surface area is 103 Å². The number of rotatable bonds is 5. The molecule has 0 aromatic carbocycles. The zero-order valence-electron chi connectivity index (χ0n) is 11.0. The first kappa shape index (κ1) is 13.5. The Morgan fingerprint density at radius 3 is 2.76 bits per heavy atom. The molecule has 17 heavy (non-hydrogen) atoms. The number of anilines is 1. The fraction of sp³-hybridized carbons (Fsp3) is 0.538. The van der Waals surface area contributed by atoms with Gasteiger partial charge in [0.25, 0.3) is 5.91 Å². The summed E-state index contributed by atoms with van der Waals surface area (Å²) < 4.78 is 0. The lowest BCUT2D eigenvalue weighted by Gasteiger charge is -2.14. The van der Waals surface area contributed by atoms with Crippen LogP contribution in [0.5, 0.6) is 0 Å². The maximum Gasteiger partial charge on any atom is 0.255 e. The largest absolute Gasteiger partial charge is 0.385 e. The van der Waals surface area contributed by atoms with E-state index in [1.165, 1.54) is 0 Å². The molecule has 0 aliphatic rings. The number of carbonyl (C=O) groups is 1. The lowest BCUT2D eigenvalue weighted by atomic mass is 10.1. The van der Waals surface area contributed by atoms with Gasteiger partial charge in [0, 0.05) is 24.5 Å². The summed E-state index contributed by atoms with van der Waals surface area (Å²) in [5, 5.41) is 6.13. The summed E-state index contributed by atoms with van der Waals surface area (Å²) in [6.07, 6.45) is 2.55. The Bertz CT molecular complexity index is 390. The topological polar surface area (TPSA) is 54.0 Å². The van der Waals surface area contributed by atoms with Crippen LogP contribution >= 0.6 is 0 Å². The van der Waals surface area contributed by atoms with Crippen LogP contribution in [0, 0.1) is 6.92 Å². The standard InChI is InChI=1S/C13H21N3O/c1-5-9(3)16-13(17)11-8-15-10(4)7-12(11)14-6-2/h7-9H,5-6H2,1-4H3,(H,14,15)(H,16,17). The van der Waals surface area contributed by atoms with Crippen molar-refractivity contribution < 1.29 is 4.79 Å². The fourth-order valence-corrected chi connectivity index (χ4v) is 1.48. The van der Waals surface area contributed by atoms with Gasteiger partial charge < -0.3 is 10.6 Å². The van der Waals surface area contributed by atoms with Gasteiger partial charge in [0.1, 0.15) is 0 Å². The molecule has 0 aliphatic heterocycles. The molecule has 0 saturated carbocycles. The minimum atomic E-state index is -0.0669. The molecule has 1 unspecified atom stereocenters. The number of aryl methyl sites for hydroxylation is 1. The van der Waals surface area contributed by atoms with Crippen LogP contribution in [0.25, 0.3) is 0 Å². The predicted molar refractivity (Wildman–Crippen MR) is 70.4 cm³/mol. The van der Waals surface area contributed by atoms with E-state index in [2.05, 4.69) is 15.6 Å². The molecule has 1 aromatic rings. The Morgan fingerprint density at radius 1 is 1.47 bits per heavy atom. The maximum absolute atomic E-state index is 12.0. The Morgan fingerprint density at radius 2 is 2.18 bits per heavy atom. The number of nitrogens with one attached hydrogen (secondary N) is 2. The molecule has 1 heterocycles. The molecule has 0 fully saturated rings. The maximum atomic E-state index is 12.0. The van der Waals surface area contributed by atoms with Crippen molar-refractivity contribution in [3.05, 3.63) is 23.5 Å². The van der Waals surface area contributed by atoms with Gasteiger partial charge in [0.05, 0.1) is 11.3 Å². The average molecular weight is 235 g/mol. The van der Waals surface area contributed by atoms with Gasteiger partial charge >= 0.3 is 0 Å². The quantitative estimate of drug-likeness (QED) is 0.823. The van der Waals surface area contributed by atoms with Crippen LogP contribution in [-0.4, -0.2) is 23.5 Å². The molecule has 0 saturated heterocycles. The van der Waals surface area contributed by atoms with Gasteiger partial charge in [-0.2, -0.15) is 0 Å². The number of amides is 1. The second-order valence-electron chi connectivity index (χ2n) is 4.18. The lowest BCUT2D eigenvalue weighted by Crippen LogP contribution is -2.32. The van der Waals surface area contributed by atoms with Crippen LogP contribution < -0.4 is 10.6 Å². The SMILES string of the molecule is CCNc1cc(C)ncc1C(=O)NC(C)CC. The van der Waals surface area contributed by atoms with Crippen molar-refractivity contribution in [3.63, 3.8) is 0 Å². The van der Waals surface area contributed by atoms with E-state index in [9.17, 15) is 4.79 Å². The lowest BCUT2D eigenvalue weighted by molar-refractivity contribution is 0.0939. The molecule has 1 rings (SSSR count). The van der Waals surface area contributed by atoms with Crippen molar-refractivity contribution in [3.8, 4) is 0 Å². The summed E-state index contributed by atoms with van der Waals surface area (Å²) in [7, 11) is 0. The molecule has 1 atom stereocenters. The summed E-state index contributed by atoms with van der Waals surface area (Å²) in [5.74, 6) is -0.0669. The highest BCUT2D eigenvalue weighted by atomic mass is 16.1.